The van der Waals surface area contributed by atoms with Crippen LogP contribution in [0.1, 0.15) is 16.8 Å². The normalized spacial score (nSPS) is 10.4. The Morgan fingerprint density at radius 3 is 2.88 bits per heavy atom. The zero-order valence-corrected chi connectivity index (χ0v) is 9.50. The average molecular weight is 237 g/mol. The molecule has 0 aliphatic carbocycles. The van der Waals surface area contributed by atoms with E-state index in [1.165, 1.54) is 6.33 Å². The molecule has 1 heterocycles. The average Bonchev–Trinajstić information content (AvgIpc) is 2.25. The van der Waals surface area contributed by atoms with E-state index < -0.39 is 5.82 Å². The molecule has 1 aromatic heterocycles. The van der Waals surface area contributed by atoms with Crippen LogP contribution in [0.15, 0.2) is 30.6 Å². The Morgan fingerprint density at radius 1 is 1.31 bits per heavy atom. The summed E-state index contributed by atoms with van der Waals surface area (Å²) >= 11 is 5.59. The molecule has 2 nitrogen and oxygen atoms in total. The van der Waals surface area contributed by atoms with E-state index in [0.717, 1.165) is 11.1 Å². The van der Waals surface area contributed by atoms with Crippen LogP contribution in [0.5, 0.6) is 0 Å². The summed E-state index contributed by atoms with van der Waals surface area (Å²) in [5.74, 6) is -0.536. The van der Waals surface area contributed by atoms with E-state index in [-0.39, 0.29) is 5.15 Å². The number of aromatic nitrogens is 2. The van der Waals surface area contributed by atoms with E-state index in [4.69, 9.17) is 11.6 Å². The summed E-state index contributed by atoms with van der Waals surface area (Å²) in [4.78, 5) is 7.47. The molecule has 0 aliphatic heterocycles. The lowest BCUT2D eigenvalue weighted by molar-refractivity contribution is 0.596. The van der Waals surface area contributed by atoms with Crippen LogP contribution in [0.2, 0.25) is 5.15 Å². The largest absolute Gasteiger partial charge is 0.238 e. The van der Waals surface area contributed by atoms with Gasteiger partial charge in [0.15, 0.2) is 11.0 Å². The van der Waals surface area contributed by atoms with Crippen LogP contribution < -0.4 is 0 Å². The van der Waals surface area contributed by atoms with Crippen LogP contribution in [0, 0.1) is 12.7 Å². The van der Waals surface area contributed by atoms with Gasteiger partial charge in [-0.15, -0.1) is 0 Å². The molecule has 16 heavy (non-hydrogen) atoms. The molecule has 1 aromatic carbocycles. The fourth-order valence-electron chi connectivity index (χ4n) is 1.52. The molecule has 0 radical (unpaired) electrons. The molecule has 4 heteroatoms. The third-order valence-corrected chi connectivity index (χ3v) is 2.54. The third kappa shape index (κ3) is 2.36. The lowest BCUT2D eigenvalue weighted by Gasteiger charge is -2.03. The molecule has 0 atom stereocenters. The molecule has 82 valence electrons. The minimum Gasteiger partial charge on any atom is -0.238 e. The van der Waals surface area contributed by atoms with Crippen molar-refractivity contribution in [2.75, 3.05) is 0 Å². The zero-order valence-electron chi connectivity index (χ0n) is 8.74. The third-order valence-electron chi connectivity index (χ3n) is 2.27. The van der Waals surface area contributed by atoms with Crippen molar-refractivity contribution in [3.63, 3.8) is 0 Å². The number of hydrogen-bond acceptors (Lipinski definition) is 2. The number of benzene rings is 1. The van der Waals surface area contributed by atoms with Crippen molar-refractivity contribution in [3.8, 4) is 0 Å². The lowest BCUT2D eigenvalue weighted by atomic mass is 10.1. The zero-order chi connectivity index (χ0) is 11.5. The molecule has 0 spiro atoms. The molecule has 0 saturated heterocycles. The molecular weight excluding hydrogens is 227 g/mol. The van der Waals surface area contributed by atoms with Crippen LogP contribution in [-0.4, -0.2) is 9.97 Å². The Bertz CT molecular complexity index is 514. The van der Waals surface area contributed by atoms with Crippen molar-refractivity contribution in [2.45, 2.75) is 13.3 Å². The highest BCUT2D eigenvalue weighted by molar-refractivity contribution is 6.29. The van der Waals surface area contributed by atoms with Crippen LogP contribution in [-0.2, 0) is 6.42 Å². The first-order chi connectivity index (χ1) is 7.66. The van der Waals surface area contributed by atoms with E-state index in [1.807, 2.05) is 31.2 Å². The van der Waals surface area contributed by atoms with Crippen molar-refractivity contribution in [1.82, 2.24) is 9.97 Å². The first-order valence-electron chi connectivity index (χ1n) is 4.87. The molecule has 2 aromatic rings. The summed E-state index contributed by atoms with van der Waals surface area (Å²) in [5.41, 5.74) is 2.47. The standard InChI is InChI=1S/C12H10ClFN2/c1-8-3-2-4-9(5-8)6-10-11(14)12(13)16-7-15-10/h2-5,7H,6H2,1H3. The molecule has 0 N–H and O–H groups in total. The van der Waals surface area contributed by atoms with Crippen LogP contribution in [0.25, 0.3) is 0 Å². The summed E-state index contributed by atoms with van der Waals surface area (Å²) in [7, 11) is 0. The van der Waals surface area contributed by atoms with Crippen molar-refractivity contribution in [3.05, 3.63) is 58.4 Å². The topological polar surface area (TPSA) is 25.8 Å². The molecule has 0 fully saturated rings. The highest BCUT2D eigenvalue weighted by atomic mass is 35.5. The van der Waals surface area contributed by atoms with Crippen molar-refractivity contribution < 1.29 is 4.39 Å². The fraction of sp³-hybridized carbons (Fsp3) is 0.167. The molecule has 0 bridgehead atoms. The Hall–Kier alpha value is -1.48. The van der Waals surface area contributed by atoms with E-state index in [2.05, 4.69) is 9.97 Å². The Kier molecular flexibility index (Phi) is 3.15. The summed E-state index contributed by atoms with van der Waals surface area (Å²) in [5, 5.41) is -0.127. The quantitative estimate of drug-likeness (QED) is 0.749. The van der Waals surface area contributed by atoms with Crippen LogP contribution in [0.4, 0.5) is 4.39 Å². The Balaban J connectivity index is 2.31. The smallest absolute Gasteiger partial charge is 0.182 e. The van der Waals surface area contributed by atoms with Gasteiger partial charge in [-0.1, -0.05) is 41.4 Å². The van der Waals surface area contributed by atoms with Gasteiger partial charge >= 0.3 is 0 Å². The highest BCUT2D eigenvalue weighted by Gasteiger charge is 2.09. The first kappa shape index (κ1) is 11.0. The monoisotopic (exact) mass is 236 g/mol. The van der Waals surface area contributed by atoms with E-state index in [0.29, 0.717) is 12.1 Å². The maximum atomic E-state index is 13.5. The van der Waals surface area contributed by atoms with E-state index in [9.17, 15) is 4.39 Å². The van der Waals surface area contributed by atoms with Crippen LogP contribution >= 0.6 is 11.6 Å². The molecule has 0 aliphatic rings. The molecule has 0 saturated carbocycles. The van der Waals surface area contributed by atoms with Gasteiger partial charge in [0.2, 0.25) is 0 Å². The van der Waals surface area contributed by atoms with E-state index >= 15 is 0 Å². The number of hydrogen-bond donors (Lipinski definition) is 0. The summed E-state index contributed by atoms with van der Waals surface area (Å²) in [6.45, 7) is 1.99. The predicted molar refractivity (Wildman–Crippen MR) is 61.0 cm³/mol. The molecule has 0 amide bonds. The molecule has 2 rings (SSSR count). The number of aryl methyl sites for hydroxylation is 1. The number of rotatable bonds is 2. The second kappa shape index (κ2) is 4.58. The summed E-state index contributed by atoms with van der Waals surface area (Å²) in [6, 6.07) is 7.86. The van der Waals surface area contributed by atoms with Gasteiger partial charge in [-0.3, -0.25) is 0 Å². The van der Waals surface area contributed by atoms with Gasteiger partial charge in [-0.2, -0.15) is 0 Å². The number of halogens is 2. The number of nitrogens with zero attached hydrogens (tertiary/aromatic N) is 2. The van der Waals surface area contributed by atoms with Gasteiger partial charge in [0.25, 0.3) is 0 Å². The SMILES string of the molecule is Cc1cccc(Cc2ncnc(Cl)c2F)c1. The maximum absolute atomic E-state index is 13.5. The highest BCUT2D eigenvalue weighted by Crippen LogP contribution is 2.16. The summed E-state index contributed by atoms with van der Waals surface area (Å²) < 4.78 is 13.5. The predicted octanol–water partition coefficient (Wildman–Crippen LogP) is 3.17. The minimum atomic E-state index is -0.536. The van der Waals surface area contributed by atoms with Gasteiger partial charge in [-0.25, -0.2) is 14.4 Å². The van der Waals surface area contributed by atoms with Crippen molar-refractivity contribution in [2.24, 2.45) is 0 Å². The lowest BCUT2D eigenvalue weighted by Crippen LogP contribution is -1.99. The van der Waals surface area contributed by atoms with Crippen LogP contribution in [0.3, 0.4) is 0 Å². The van der Waals surface area contributed by atoms with E-state index in [1.54, 1.807) is 0 Å². The first-order valence-corrected chi connectivity index (χ1v) is 5.25. The Labute approximate surface area is 98.1 Å². The van der Waals surface area contributed by atoms with Gasteiger partial charge in [0.05, 0.1) is 5.69 Å². The van der Waals surface area contributed by atoms with Crippen molar-refractivity contribution >= 4 is 11.6 Å². The van der Waals surface area contributed by atoms with Crippen molar-refractivity contribution in [1.29, 1.82) is 0 Å². The van der Waals surface area contributed by atoms with Gasteiger partial charge in [-0.05, 0) is 12.5 Å². The molecule has 0 unspecified atom stereocenters. The Morgan fingerprint density at radius 2 is 2.12 bits per heavy atom. The fourth-order valence-corrected chi connectivity index (χ4v) is 1.67. The maximum Gasteiger partial charge on any atom is 0.182 e. The minimum absolute atomic E-state index is 0.127. The molecular formula is C12H10ClFN2. The van der Waals surface area contributed by atoms with Gasteiger partial charge in [0, 0.05) is 6.42 Å². The van der Waals surface area contributed by atoms with Gasteiger partial charge < -0.3 is 0 Å². The second-order valence-corrected chi connectivity index (χ2v) is 3.95. The second-order valence-electron chi connectivity index (χ2n) is 3.59. The van der Waals surface area contributed by atoms with Gasteiger partial charge in [0.1, 0.15) is 6.33 Å². The summed E-state index contributed by atoms with van der Waals surface area (Å²) in [6.07, 6.45) is 1.70.